The zero-order valence-corrected chi connectivity index (χ0v) is 12.6. The standard InChI is InChI=1S/C15H20ClFN2/c1-9(2)10(3)8-19-14-7-12(17)5-6-13(14)18-15(19)11(4)16/h5-7,9-11H,8H2,1-4H3. The van der Waals surface area contributed by atoms with Crippen molar-refractivity contribution in [2.45, 2.75) is 39.6 Å². The maximum Gasteiger partial charge on any atom is 0.127 e. The summed E-state index contributed by atoms with van der Waals surface area (Å²) in [4.78, 5) is 4.53. The number of hydrogen-bond acceptors (Lipinski definition) is 1. The van der Waals surface area contributed by atoms with Crippen molar-refractivity contribution in [2.75, 3.05) is 0 Å². The fourth-order valence-electron chi connectivity index (χ4n) is 2.11. The molecule has 0 aliphatic rings. The largest absolute Gasteiger partial charge is 0.326 e. The Morgan fingerprint density at radius 2 is 1.95 bits per heavy atom. The Morgan fingerprint density at radius 1 is 1.26 bits per heavy atom. The van der Waals surface area contributed by atoms with Crippen molar-refractivity contribution in [1.82, 2.24) is 9.55 Å². The molecule has 0 saturated carbocycles. The third-order valence-corrected chi connectivity index (χ3v) is 3.90. The predicted octanol–water partition coefficient (Wildman–Crippen LogP) is 4.77. The summed E-state index contributed by atoms with van der Waals surface area (Å²) in [6, 6.07) is 4.69. The molecule has 2 rings (SSSR count). The van der Waals surface area contributed by atoms with Crippen LogP contribution in [0.15, 0.2) is 18.2 Å². The van der Waals surface area contributed by atoms with E-state index < -0.39 is 0 Å². The molecule has 1 aromatic carbocycles. The lowest BCUT2D eigenvalue weighted by Gasteiger charge is -2.19. The first-order valence-corrected chi connectivity index (χ1v) is 7.13. The molecule has 0 N–H and O–H groups in total. The number of nitrogens with zero attached hydrogens (tertiary/aromatic N) is 2. The summed E-state index contributed by atoms with van der Waals surface area (Å²) >= 11 is 6.21. The molecule has 0 aliphatic heterocycles. The molecule has 2 nitrogen and oxygen atoms in total. The molecular formula is C15H20ClFN2. The second-order valence-corrected chi connectivity index (χ2v) is 6.21. The van der Waals surface area contributed by atoms with E-state index in [9.17, 15) is 4.39 Å². The molecule has 1 aromatic heterocycles. The van der Waals surface area contributed by atoms with E-state index in [1.807, 2.05) is 6.92 Å². The zero-order chi connectivity index (χ0) is 14.2. The van der Waals surface area contributed by atoms with E-state index >= 15 is 0 Å². The van der Waals surface area contributed by atoms with Gasteiger partial charge >= 0.3 is 0 Å². The van der Waals surface area contributed by atoms with Crippen LogP contribution in [0.1, 0.15) is 38.9 Å². The number of alkyl halides is 1. The van der Waals surface area contributed by atoms with E-state index in [4.69, 9.17) is 11.6 Å². The molecule has 0 bridgehead atoms. The lowest BCUT2D eigenvalue weighted by atomic mass is 9.98. The van der Waals surface area contributed by atoms with Crippen LogP contribution in [0.3, 0.4) is 0 Å². The topological polar surface area (TPSA) is 17.8 Å². The van der Waals surface area contributed by atoms with E-state index in [0.29, 0.717) is 11.8 Å². The maximum atomic E-state index is 13.4. The molecular weight excluding hydrogens is 263 g/mol. The summed E-state index contributed by atoms with van der Waals surface area (Å²) in [5.74, 6) is 1.62. The molecule has 2 aromatic rings. The molecule has 0 aliphatic carbocycles. The average molecular weight is 283 g/mol. The van der Waals surface area contributed by atoms with Crippen molar-refractivity contribution < 1.29 is 4.39 Å². The summed E-state index contributed by atoms with van der Waals surface area (Å²) in [7, 11) is 0. The monoisotopic (exact) mass is 282 g/mol. The van der Waals surface area contributed by atoms with E-state index in [0.717, 1.165) is 23.4 Å². The molecule has 104 valence electrons. The fourth-order valence-corrected chi connectivity index (χ4v) is 2.28. The number of imidazole rings is 1. The molecule has 1 heterocycles. The minimum Gasteiger partial charge on any atom is -0.326 e. The van der Waals surface area contributed by atoms with Crippen molar-refractivity contribution >= 4 is 22.6 Å². The molecule has 2 atom stereocenters. The summed E-state index contributed by atoms with van der Waals surface area (Å²) in [5, 5.41) is -0.185. The van der Waals surface area contributed by atoms with Crippen molar-refractivity contribution in [3.05, 3.63) is 29.8 Å². The van der Waals surface area contributed by atoms with Crippen LogP contribution >= 0.6 is 11.6 Å². The number of rotatable bonds is 4. The Balaban J connectivity index is 2.54. The minimum absolute atomic E-state index is 0.185. The molecule has 0 spiro atoms. The highest BCUT2D eigenvalue weighted by Gasteiger charge is 2.18. The quantitative estimate of drug-likeness (QED) is 0.739. The SMILES string of the molecule is CC(Cl)c1nc2ccc(F)cc2n1CC(C)C(C)C. The van der Waals surface area contributed by atoms with Gasteiger partial charge in [0, 0.05) is 6.54 Å². The smallest absolute Gasteiger partial charge is 0.127 e. The van der Waals surface area contributed by atoms with Gasteiger partial charge in [0.2, 0.25) is 0 Å². The van der Waals surface area contributed by atoms with Gasteiger partial charge in [0.25, 0.3) is 0 Å². The Kier molecular flexibility index (Phi) is 4.14. The summed E-state index contributed by atoms with van der Waals surface area (Å²) in [5.41, 5.74) is 1.63. The summed E-state index contributed by atoms with van der Waals surface area (Å²) < 4.78 is 15.5. The third kappa shape index (κ3) is 2.92. The highest BCUT2D eigenvalue weighted by Crippen LogP contribution is 2.27. The number of benzene rings is 1. The first-order chi connectivity index (χ1) is 8.90. The first-order valence-electron chi connectivity index (χ1n) is 6.70. The van der Waals surface area contributed by atoms with Gasteiger partial charge < -0.3 is 4.57 Å². The van der Waals surface area contributed by atoms with Crippen LogP contribution in [0.25, 0.3) is 11.0 Å². The van der Waals surface area contributed by atoms with Crippen molar-refractivity contribution in [3.8, 4) is 0 Å². The molecule has 19 heavy (non-hydrogen) atoms. The van der Waals surface area contributed by atoms with Crippen LogP contribution < -0.4 is 0 Å². The van der Waals surface area contributed by atoms with Gasteiger partial charge in [-0.3, -0.25) is 0 Å². The Bertz CT molecular complexity index is 575. The van der Waals surface area contributed by atoms with Crippen molar-refractivity contribution in [3.63, 3.8) is 0 Å². The normalized spacial score (nSPS) is 15.1. The van der Waals surface area contributed by atoms with E-state index in [1.54, 1.807) is 6.07 Å². The number of halogens is 2. The van der Waals surface area contributed by atoms with Gasteiger partial charge in [-0.15, -0.1) is 11.6 Å². The predicted molar refractivity (Wildman–Crippen MR) is 78.0 cm³/mol. The number of hydrogen-bond donors (Lipinski definition) is 0. The lowest BCUT2D eigenvalue weighted by molar-refractivity contribution is 0.364. The zero-order valence-electron chi connectivity index (χ0n) is 11.8. The molecule has 0 saturated heterocycles. The average Bonchev–Trinajstić information content (AvgIpc) is 2.67. The maximum absolute atomic E-state index is 13.4. The van der Waals surface area contributed by atoms with Crippen LogP contribution in [0.4, 0.5) is 4.39 Å². The summed E-state index contributed by atoms with van der Waals surface area (Å²) in [6.45, 7) is 9.28. The Morgan fingerprint density at radius 3 is 2.53 bits per heavy atom. The van der Waals surface area contributed by atoms with Crippen LogP contribution in [-0.2, 0) is 6.54 Å². The van der Waals surface area contributed by atoms with E-state index in [2.05, 4.69) is 30.3 Å². The molecule has 0 radical (unpaired) electrons. The Hall–Kier alpha value is -1.09. The third-order valence-electron chi connectivity index (χ3n) is 3.70. The van der Waals surface area contributed by atoms with Gasteiger partial charge in [-0.25, -0.2) is 9.37 Å². The minimum atomic E-state index is -0.236. The molecule has 0 amide bonds. The second-order valence-electron chi connectivity index (χ2n) is 5.55. The number of aromatic nitrogens is 2. The second kappa shape index (κ2) is 5.49. The highest BCUT2D eigenvalue weighted by molar-refractivity contribution is 6.20. The lowest BCUT2D eigenvalue weighted by Crippen LogP contribution is -2.15. The van der Waals surface area contributed by atoms with E-state index in [-0.39, 0.29) is 11.2 Å². The van der Waals surface area contributed by atoms with Gasteiger partial charge in [-0.2, -0.15) is 0 Å². The highest BCUT2D eigenvalue weighted by atomic mass is 35.5. The van der Waals surface area contributed by atoms with Gasteiger partial charge in [0.1, 0.15) is 11.6 Å². The van der Waals surface area contributed by atoms with Gasteiger partial charge in [-0.1, -0.05) is 20.8 Å². The Labute approximate surface area is 118 Å². The van der Waals surface area contributed by atoms with Crippen LogP contribution in [-0.4, -0.2) is 9.55 Å². The molecule has 0 fully saturated rings. The number of fused-ring (bicyclic) bond motifs is 1. The fraction of sp³-hybridized carbons (Fsp3) is 0.533. The molecule has 4 heteroatoms. The first kappa shape index (κ1) is 14.3. The molecule has 2 unspecified atom stereocenters. The van der Waals surface area contributed by atoms with Gasteiger partial charge in [0.05, 0.1) is 16.4 Å². The summed E-state index contributed by atoms with van der Waals surface area (Å²) in [6.07, 6.45) is 0. The van der Waals surface area contributed by atoms with Crippen molar-refractivity contribution in [1.29, 1.82) is 0 Å². The van der Waals surface area contributed by atoms with Crippen LogP contribution in [0.2, 0.25) is 0 Å². The van der Waals surface area contributed by atoms with Crippen molar-refractivity contribution in [2.24, 2.45) is 11.8 Å². The van der Waals surface area contributed by atoms with Gasteiger partial charge in [-0.05, 0) is 37.0 Å². The van der Waals surface area contributed by atoms with Crippen LogP contribution in [0.5, 0.6) is 0 Å². The van der Waals surface area contributed by atoms with E-state index in [1.165, 1.54) is 12.1 Å². The van der Waals surface area contributed by atoms with Crippen LogP contribution in [0, 0.1) is 17.7 Å². The van der Waals surface area contributed by atoms with Gasteiger partial charge in [0.15, 0.2) is 0 Å².